The fraction of sp³-hybridized carbons (Fsp3) is 0.684. The van der Waals surface area contributed by atoms with Crippen LogP contribution in [0.5, 0.6) is 0 Å². The van der Waals surface area contributed by atoms with E-state index < -0.39 is 0 Å². The Balaban J connectivity index is 1.65. The minimum atomic E-state index is 1.09. The van der Waals surface area contributed by atoms with Crippen LogP contribution in [0.2, 0.25) is 0 Å². The van der Waals surface area contributed by atoms with Crippen molar-refractivity contribution in [2.45, 2.75) is 13.0 Å². The monoisotopic (exact) mass is 316 g/mol. The molecule has 2 heterocycles. The van der Waals surface area contributed by atoms with Gasteiger partial charge in [0.2, 0.25) is 0 Å². The van der Waals surface area contributed by atoms with Crippen LogP contribution in [0.15, 0.2) is 30.3 Å². The van der Waals surface area contributed by atoms with Crippen molar-refractivity contribution < 1.29 is 0 Å². The fourth-order valence-corrected chi connectivity index (χ4v) is 3.60. The van der Waals surface area contributed by atoms with Crippen LogP contribution in [0.3, 0.4) is 0 Å². The molecule has 128 valence electrons. The lowest BCUT2D eigenvalue weighted by Crippen LogP contribution is -2.47. The molecule has 4 nitrogen and oxygen atoms in total. The van der Waals surface area contributed by atoms with Crippen molar-refractivity contribution in [3.05, 3.63) is 35.9 Å². The first-order valence-electron chi connectivity index (χ1n) is 9.19. The van der Waals surface area contributed by atoms with Crippen LogP contribution in [-0.4, -0.2) is 92.1 Å². The van der Waals surface area contributed by atoms with E-state index in [0.717, 1.165) is 6.54 Å². The smallest absolute Gasteiger partial charge is 0.0234 e. The third-order valence-electron chi connectivity index (χ3n) is 5.26. The first-order valence-corrected chi connectivity index (χ1v) is 9.19. The van der Waals surface area contributed by atoms with Gasteiger partial charge in [-0.3, -0.25) is 4.90 Å². The van der Waals surface area contributed by atoms with Gasteiger partial charge in [-0.1, -0.05) is 30.3 Å². The van der Waals surface area contributed by atoms with Crippen molar-refractivity contribution in [1.82, 2.24) is 19.6 Å². The summed E-state index contributed by atoms with van der Waals surface area (Å²) in [6.45, 7) is 13.2. The summed E-state index contributed by atoms with van der Waals surface area (Å²) in [5, 5.41) is 0. The summed E-state index contributed by atoms with van der Waals surface area (Å²) in [6.07, 6.45) is 1.32. The number of benzene rings is 1. The minimum Gasteiger partial charge on any atom is -0.304 e. The second kappa shape index (κ2) is 8.78. The lowest BCUT2D eigenvalue weighted by atomic mass is 10.2. The number of hydrogen-bond acceptors (Lipinski definition) is 4. The summed E-state index contributed by atoms with van der Waals surface area (Å²) in [7, 11) is 2.27. The Labute approximate surface area is 141 Å². The van der Waals surface area contributed by atoms with Gasteiger partial charge >= 0.3 is 0 Å². The molecule has 2 saturated heterocycles. The van der Waals surface area contributed by atoms with Crippen LogP contribution in [0.4, 0.5) is 0 Å². The quantitative estimate of drug-likeness (QED) is 0.818. The fourth-order valence-electron chi connectivity index (χ4n) is 3.60. The van der Waals surface area contributed by atoms with Gasteiger partial charge in [0.25, 0.3) is 0 Å². The first kappa shape index (κ1) is 16.9. The average Bonchev–Trinajstić information content (AvgIpc) is 2.58. The molecular formula is C19H32N4. The van der Waals surface area contributed by atoms with Crippen molar-refractivity contribution in [3.8, 4) is 0 Å². The van der Waals surface area contributed by atoms with Gasteiger partial charge in [0.1, 0.15) is 0 Å². The molecule has 0 saturated carbocycles. The van der Waals surface area contributed by atoms with Crippen LogP contribution in [0.25, 0.3) is 0 Å². The summed E-state index contributed by atoms with van der Waals surface area (Å²) in [5.74, 6) is 0. The SMILES string of the molecule is CN1CCN2CCCN(CC1)CCN(Cc1ccccc1)CC2. The predicted octanol–water partition coefficient (Wildman–Crippen LogP) is 1.44. The molecule has 0 radical (unpaired) electrons. The molecule has 2 aliphatic heterocycles. The van der Waals surface area contributed by atoms with Crippen molar-refractivity contribution >= 4 is 0 Å². The zero-order chi connectivity index (χ0) is 15.9. The highest BCUT2D eigenvalue weighted by Gasteiger charge is 2.17. The Morgan fingerprint density at radius 1 is 0.696 bits per heavy atom. The van der Waals surface area contributed by atoms with E-state index in [9.17, 15) is 0 Å². The van der Waals surface area contributed by atoms with Gasteiger partial charge in [-0.15, -0.1) is 0 Å². The number of fused-ring (bicyclic) bond motifs is 4. The van der Waals surface area contributed by atoms with Crippen molar-refractivity contribution in [2.24, 2.45) is 0 Å². The van der Waals surface area contributed by atoms with Crippen molar-refractivity contribution in [1.29, 1.82) is 0 Å². The molecule has 23 heavy (non-hydrogen) atoms. The van der Waals surface area contributed by atoms with Gasteiger partial charge in [-0.2, -0.15) is 0 Å². The van der Waals surface area contributed by atoms with Crippen LogP contribution in [0, 0.1) is 0 Å². The van der Waals surface area contributed by atoms with Crippen molar-refractivity contribution in [3.63, 3.8) is 0 Å². The Kier molecular flexibility index (Phi) is 6.46. The van der Waals surface area contributed by atoms with E-state index >= 15 is 0 Å². The summed E-state index contributed by atoms with van der Waals surface area (Å²) >= 11 is 0. The first-order chi connectivity index (χ1) is 11.3. The molecule has 1 aromatic rings. The van der Waals surface area contributed by atoms with Crippen LogP contribution in [0.1, 0.15) is 12.0 Å². The highest BCUT2D eigenvalue weighted by atomic mass is 15.3. The van der Waals surface area contributed by atoms with Crippen molar-refractivity contribution in [2.75, 3.05) is 72.5 Å². The molecule has 0 N–H and O–H groups in total. The molecule has 2 fully saturated rings. The average molecular weight is 316 g/mol. The van der Waals surface area contributed by atoms with E-state index in [-0.39, 0.29) is 0 Å². The van der Waals surface area contributed by atoms with Gasteiger partial charge < -0.3 is 14.7 Å². The maximum atomic E-state index is 2.67. The number of rotatable bonds is 2. The van der Waals surface area contributed by atoms with Crippen LogP contribution < -0.4 is 0 Å². The lowest BCUT2D eigenvalue weighted by molar-refractivity contribution is 0.116. The van der Waals surface area contributed by atoms with Gasteiger partial charge in [0.05, 0.1) is 0 Å². The zero-order valence-electron chi connectivity index (χ0n) is 14.7. The van der Waals surface area contributed by atoms with E-state index in [1.807, 2.05) is 0 Å². The maximum Gasteiger partial charge on any atom is 0.0234 e. The van der Waals surface area contributed by atoms with Gasteiger partial charge in [0.15, 0.2) is 0 Å². The summed E-state index contributed by atoms with van der Waals surface area (Å²) < 4.78 is 0. The Bertz CT molecular complexity index is 430. The Morgan fingerprint density at radius 2 is 1.26 bits per heavy atom. The topological polar surface area (TPSA) is 13.0 Å². The second-order valence-corrected chi connectivity index (χ2v) is 7.10. The second-order valence-electron chi connectivity index (χ2n) is 7.10. The standard InChI is InChI=1S/C19H32N4/c1-20-10-12-21-8-5-9-22(13-11-20)15-17-23(16-14-21)18-19-6-3-2-4-7-19/h2-4,6-7H,5,8-18H2,1H3. The molecule has 1 aromatic carbocycles. The van der Waals surface area contributed by atoms with Gasteiger partial charge in [0, 0.05) is 58.9 Å². The number of likely N-dealkylation sites (N-methyl/N-ethyl adjacent to an activating group) is 1. The molecule has 3 rings (SSSR count). The predicted molar refractivity (Wildman–Crippen MR) is 96.7 cm³/mol. The molecule has 2 unspecified atom stereocenters. The molecule has 2 bridgehead atoms. The van der Waals surface area contributed by atoms with Crippen LogP contribution in [-0.2, 0) is 6.54 Å². The number of nitrogens with zero attached hydrogens (tertiary/aromatic N) is 4. The lowest BCUT2D eigenvalue weighted by Gasteiger charge is -2.36. The molecule has 4 heteroatoms. The summed E-state index contributed by atoms with van der Waals surface area (Å²) in [4.78, 5) is 10.5. The summed E-state index contributed by atoms with van der Waals surface area (Å²) in [6, 6.07) is 10.9. The molecule has 0 amide bonds. The van der Waals surface area contributed by atoms with Gasteiger partial charge in [-0.05, 0) is 32.1 Å². The normalized spacial score (nSPS) is 28.7. The molecule has 0 aliphatic carbocycles. The minimum absolute atomic E-state index is 1.09. The van der Waals surface area contributed by atoms with Crippen LogP contribution >= 0.6 is 0 Å². The van der Waals surface area contributed by atoms with E-state index in [2.05, 4.69) is 57.0 Å². The molecule has 0 aromatic heterocycles. The third-order valence-corrected chi connectivity index (χ3v) is 5.26. The highest BCUT2D eigenvalue weighted by Crippen LogP contribution is 2.08. The largest absolute Gasteiger partial charge is 0.304 e. The highest BCUT2D eigenvalue weighted by molar-refractivity contribution is 5.14. The maximum absolute atomic E-state index is 2.67. The molecule has 2 atom stereocenters. The zero-order valence-corrected chi connectivity index (χ0v) is 14.7. The Morgan fingerprint density at radius 3 is 1.87 bits per heavy atom. The third kappa shape index (κ3) is 5.57. The van der Waals surface area contributed by atoms with Gasteiger partial charge in [-0.25, -0.2) is 0 Å². The molecule has 2 aliphatic rings. The molecule has 0 spiro atoms. The van der Waals surface area contributed by atoms with E-state index in [0.29, 0.717) is 0 Å². The Hall–Kier alpha value is -0.940. The van der Waals surface area contributed by atoms with E-state index in [1.165, 1.54) is 77.4 Å². The summed E-state index contributed by atoms with van der Waals surface area (Å²) in [5.41, 5.74) is 1.44. The van der Waals surface area contributed by atoms with E-state index in [1.54, 1.807) is 0 Å². The molecular weight excluding hydrogens is 284 g/mol. The van der Waals surface area contributed by atoms with E-state index in [4.69, 9.17) is 0 Å². The number of hydrogen-bond donors (Lipinski definition) is 0.